The highest BCUT2D eigenvalue weighted by Crippen LogP contribution is 2.30. The van der Waals surface area contributed by atoms with Crippen LogP contribution in [0.25, 0.3) is 10.9 Å². The van der Waals surface area contributed by atoms with Gasteiger partial charge in [0.15, 0.2) is 0 Å². The van der Waals surface area contributed by atoms with Crippen LogP contribution in [-0.2, 0) is 4.79 Å². The molecule has 3 N–H and O–H groups in total. The monoisotopic (exact) mass is 397 g/mol. The van der Waals surface area contributed by atoms with Crippen molar-refractivity contribution in [2.24, 2.45) is 5.92 Å². The standard InChI is InChI=1S/C23H27N3O.ClH/c1-16-13-18(11-12-24-16)23(27)26-14-20(17-7-3-2-4-8-17)21-15-25-22-10-6-5-9-19(21)22;/h2-10,15-16,18,20,24-25H,11-14H2,1H3,(H,26,27);1H/t16-,18-,20?;/m0./s1. The zero-order valence-corrected chi connectivity index (χ0v) is 17.0. The van der Waals surface area contributed by atoms with Gasteiger partial charge in [0.25, 0.3) is 0 Å². The van der Waals surface area contributed by atoms with Crippen LogP contribution in [0.5, 0.6) is 0 Å². The van der Waals surface area contributed by atoms with E-state index in [1.807, 2.05) is 12.1 Å². The molecular formula is C23H28ClN3O. The number of piperidine rings is 1. The van der Waals surface area contributed by atoms with Crippen molar-refractivity contribution in [2.75, 3.05) is 13.1 Å². The van der Waals surface area contributed by atoms with Crippen LogP contribution < -0.4 is 10.6 Å². The average Bonchev–Trinajstić information content (AvgIpc) is 3.13. The summed E-state index contributed by atoms with van der Waals surface area (Å²) in [4.78, 5) is 16.1. The molecule has 0 saturated carbocycles. The zero-order chi connectivity index (χ0) is 18.6. The third-order valence-corrected chi connectivity index (χ3v) is 5.67. The summed E-state index contributed by atoms with van der Waals surface area (Å²) in [5.74, 6) is 0.426. The highest BCUT2D eigenvalue weighted by molar-refractivity contribution is 5.85. The van der Waals surface area contributed by atoms with E-state index in [-0.39, 0.29) is 30.2 Å². The Morgan fingerprint density at radius 2 is 1.89 bits per heavy atom. The first-order valence-electron chi connectivity index (χ1n) is 9.84. The van der Waals surface area contributed by atoms with E-state index in [1.165, 1.54) is 16.5 Å². The van der Waals surface area contributed by atoms with Gasteiger partial charge in [-0.05, 0) is 43.5 Å². The first kappa shape index (κ1) is 20.4. The maximum atomic E-state index is 12.8. The van der Waals surface area contributed by atoms with Gasteiger partial charge in [-0.2, -0.15) is 0 Å². The minimum Gasteiger partial charge on any atom is -0.361 e. The number of aromatic nitrogens is 1. The lowest BCUT2D eigenvalue weighted by Crippen LogP contribution is -2.43. The number of fused-ring (bicyclic) bond motifs is 1. The molecule has 1 aliphatic heterocycles. The van der Waals surface area contributed by atoms with Crippen molar-refractivity contribution in [2.45, 2.75) is 31.7 Å². The lowest BCUT2D eigenvalue weighted by Gasteiger charge is -2.28. The average molecular weight is 398 g/mol. The fraction of sp³-hybridized carbons (Fsp3) is 0.348. The Morgan fingerprint density at radius 1 is 1.14 bits per heavy atom. The van der Waals surface area contributed by atoms with E-state index in [1.54, 1.807) is 0 Å². The number of carbonyl (C=O) groups excluding carboxylic acids is 1. The van der Waals surface area contributed by atoms with Gasteiger partial charge in [-0.1, -0.05) is 48.5 Å². The van der Waals surface area contributed by atoms with Crippen molar-refractivity contribution in [1.82, 2.24) is 15.6 Å². The Balaban J connectivity index is 0.00000225. The molecule has 28 heavy (non-hydrogen) atoms. The lowest BCUT2D eigenvalue weighted by atomic mass is 9.89. The van der Waals surface area contributed by atoms with Gasteiger partial charge in [0.1, 0.15) is 0 Å². The molecule has 3 atom stereocenters. The van der Waals surface area contributed by atoms with Crippen LogP contribution in [0.4, 0.5) is 0 Å². The largest absolute Gasteiger partial charge is 0.361 e. The Labute approximate surface area is 172 Å². The fourth-order valence-electron chi connectivity index (χ4n) is 4.19. The molecule has 1 fully saturated rings. The molecular weight excluding hydrogens is 370 g/mol. The summed E-state index contributed by atoms with van der Waals surface area (Å²) in [5, 5.41) is 7.88. The van der Waals surface area contributed by atoms with Crippen molar-refractivity contribution in [3.63, 3.8) is 0 Å². The number of amides is 1. The SMILES string of the molecule is C[C@H]1C[C@@H](C(=O)NCC(c2ccccc2)c2c[nH]c3ccccc23)CCN1.Cl. The highest BCUT2D eigenvalue weighted by atomic mass is 35.5. The number of benzene rings is 2. The molecule has 0 bridgehead atoms. The number of rotatable bonds is 5. The molecule has 148 valence electrons. The van der Waals surface area contributed by atoms with Crippen LogP contribution in [0.3, 0.4) is 0 Å². The molecule has 0 radical (unpaired) electrons. The van der Waals surface area contributed by atoms with E-state index >= 15 is 0 Å². The van der Waals surface area contributed by atoms with Crippen LogP contribution in [0.1, 0.15) is 36.8 Å². The van der Waals surface area contributed by atoms with Crippen molar-refractivity contribution in [3.05, 3.63) is 71.9 Å². The maximum absolute atomic E-state index is 12.8. The van der Waals surface area contributed by atoms with Gasteiger partial charge < -0.3 is 15.6 Å². The van der Waals surface area contributed by atoms with Gasteiger partial charge in [-0.25, -0.2) is 0 Å². The van der Waals surface area contributed by atoms with Crippen LogP contribution in [0.15, 0.2) is 60.8 Å². The minimum atomic E-state index is 0. The molecule has 5 heteroatoms. The number of H-pyrrole nitrogens is 1. The summed E-state index contributed by atoms with van der Waals surface area (Å²) in [6.07, 6.45) is 3.91. The number of aromatic amines is 1. The van der Waals surface area contributed by atoms with E-state index in [9.17, 15) is 4.79 Å². The fourth-order valence-corrected chi connectivity index (χ4v) is 4.19. The second-order valence-electron chi connectivity index (χ2n) is 7.57. The Bertz CT molecular complexity index is 908. The van der Waals surface area contributed by atoms with Crippen LogP contribution in [-0.4, -0.2) is 30.0 Å². The summed E-state index contributed by atoms with van der Waals surface area (Å²) in [5.41, 5.74) is 3.59. The minimum absolute atomic E-state index is 0. The van der Waals surface area contributed by atoms with Gasteiger partial charge in [-0.15, -0.1) is 12.4 Å². The van der Waals surface area contributed by atoms with Gasteiger partial charge in [0.2, 0.25) is 5.91 Å². The smallest absolute Gasteiger partial charge is 0.223 e. The molecule has 0 spiro atoms. The predicted molar refractivity (Wildman–Crippen MR) is 117 cm³/mol. The van der Waals surface area contributed by atoms with Crippen molar-refractivity contribution in [1.29, 1.82) is 0 Å². The molecule has 1 unspecified atom stereocenters. The van der Waals surface area contributed by atoms with Gasteiger partial charge in [0.05, 0.1) is 0 Å². The van der Waals surface area contributed by atoms with Crippen LogP contribution in [0, 0.1) is 5.92 Å². The molecule has 4 nitrogen and oxygen atoms in total. The molecule has 0 aliphatic carbocycles. The molecule has 1 saturated heterocycles. The number of nitrogens with one attached hydrogen (secondary N) is 3. The number of hydrogen-bond donors (Lipinski definition) is 3. The van der Waals surface area contributed by atoms with Gasteiger partial charge in [-0.3, -0.25) is 4.79 Å². The number of para-hydroxylation sites is 1. The third-order valence-electron chi connectivity index (χ3n) is 5.67. The molecule has 2 aromatic carbocycles. The predicted octanol–water partition coefficient (Wildman–Crippen LogP) is 4.23. The molecule has 1 aliphatic rings. The summed E-state index contributed by atoms with van der Waals surface area (Å²) in [7, 11) is 0. The van der Waals surface area contributed by atoms with E-state index < -0.39 is 0 Å². The van der Waals surface area contributed by atoms with Crippen LogP contribution in [0.2, 0.25) is 0 Å². The highest BCUT2D eigenvalue weighted by Gasteiger charge is 2.26. The van der Waals surface area contributed by atoms with Gasteiger partial charge >= 0.3 is 0 Å². The summed E-state index contributed by atoms with van der Waals surface area (Å²) in [6, 6.07) is 19.2. The Hall–Kier alpha value is -2.30. The lowest BCUT2D eigenvalue weighted by molar-refractivity contribution is -0.126. The number of carbonyl (C=O) groups is 1. The zero-order valence-electron chi connectivity index (χ0n) is 16.2. The van der Waals surface area contributed by atoms with Crippen LogP contribution >= 0.6 is 12.4 Å². The molecule has 2 heterocycles. The normalized spacial score (nSPS) is 20.3. The molecule has 3 aromatic rings. The summed E-state index contributed by atoms with van der Waals surface area (Å²) >= 11 is 0. The van der Waals surface area contributed by atoms with E-state index in [0.717, 1.165) is 24.9 Å². The summed E-state index contributed by atoms with van der Waals surface area (Å²) < 4.78 is 0. The second-order valence-corrected chi connectivity index (χ2v) is 7.57. The number of halogens is 1. The molecule has 1 amide bonds. The first-order chi connectivity index (χ1) is 13.2. The molecule has 1 aromatic heterocycles. The third kappa shape index (κ3) is 4.40. The maximum Gasteiger partial charge on any atom is 0.223 e. The number of hydrogen-bond acceptors (Lipinski definition) is 2. The topological polar surface area (TPSA) is 56.9 Å². The van der Waals surface area contributed by atoms with E-state index in [0.29, 0.717) is 12.6 Å². The van der Waals surface area contributed by atoms with E-state index in [4.69, 9.17) is 0 Å². The summed E-state index contributed by atoms with van der Waals surface area (Å²) in [6.45, 7) is 3.69. The Kier molecular flexibility index (Phi) is 6.76. The first-order valence-corrected chi connectivity index (χ1v) is 9.84. The van der Waals surface area contributed by atoms with Gasteiger partial charge in [0, 0.05) is 41.5 Å². The van der Waals surface area contributed by atoms with E-state index in [2.05, 4.69) is 71.2 Å². The van der Waals surface area contributed by atoms with Crippen molar-refractivity contribution in [3.8, 4) is 0 Å². The van der Waals surface area contributed by atoms with Crippen molar-refractivity contribution < 1.29 is 4.79 Å². The molecule has 4 rings (SSSR count). The quantitative estimate of drug-likeness (QED) is 0.603. The Morgan fingerprint density at radius 3 is 2.68 bits per heavy atom. The second kappa shape index (κ2) is 9.26. The van der Waals surface area contributed by atoms with Crippen molar-refractivity contribution >= 4 is 29.2 Å².